The minimum Gasteiger partial charge on any atom is -0.491 e. The number of rotatable bonds is 10. The summed E-state index contributed by atoms with van der Waals surface area (Å²) in [5.41, 5.74) is -0.373. The van der Waals surface area contributed by atoms with Gasteiger partial charge in [-0.1, -0.05) is 28.1 Å². The molecular formula is C24H32BrN3O7S2. The lowest BCUT2D eigenvalue weighted by atomic mass is 9.88. The van der Waals surface area contributed by atoms with Crippen molar-refractivity contribution >= 4 is 36.0 Å². The second-order valence-electron chi connectivity index (χ2n) is 9.31. The van der Waals surface area contributed by atoms with Crippen molar-refractivity contribution < 1.29 is 31.4 Å². The van der Waals surface area contributed by atoms with Gasteiger partial charge >= 0.3 is 0 Å². The first kappa shape index (κ1) is 28.4. The van der Waals surface area contributed by atoms with Crippen molar-refractivity contribution in [2.75, 3.05) is 39.9 Å². The highest BCUT2D eigenvalue weighted by atomic mass is 79.9. The Bertz CT molecular complexity index is 1300. The standard InChI is InChI=1S/C24H32BrN3O7S2/c1-26-36(30,31)22-6-3-5-21(13-22)34-17-20(29)15-27-19-14-24(35-16-19)8-10-28(11-9-24)37(32,33)23-7-2-4-18(25)12-23/h2-7,12-13,19-20,26-27,29H,8-11,14-17H2,1H3. The fourth-order valence-electron chi connectivity index (χ4n) is 4.64. The van der Waals surface area contributed by atoms with Crippen LogP contribution in [0, 0.1) is 0 Å². The van der Waals surface area contributed by atoms with E-state index in [0.29, 0.717) is 38.3 Å². The van der Waals surface area contributed by atoms with Crippen molar-refractivity contribution in [3.05, 3.63) is 53.0 Å². The second-order valence-corrected chi connectivity index (χ2v) is 14.1. The first-order chi connectivity index (χ1) is 17.5. The topological polar surface area (TPSA) is 134 Å². The Balaban J connectivity index is 1.23. The molecule has 10 nitrogen and oxygen atoms in total. The van der Waals surface area contributed by atoms with Crippen LogP contribution in [0.4, 0.5) is 0 Å². The van der Waals surface area contributed by atoms with Crippen LogP contribution in [0.3, 0.4) is 0 Å². The number of hydrogen-bond donors (Lipinski definition) is 3. The van der Waals surface area contributed by atoms with Crippen molar-refractivity contribution in [2.45, 2.75) is 46.8 Å². The SMILES string of the molecule is CNS(=O)(=O)c1cccc(OCC(O)CNC2COC3(CCN(S(=O)(=O)c4cccc(Br)c4)CC3)C2)c1. The van der Waals surface area contributed by atoms with Crippen molar-refractivity contribution in [1.82, 2.24) is 14.3 Å². The normalized spacial score (nSPS) is 21.2. The van der Waals surface area contributed by atoms with Crippen LogP contribution in [-0.4, -0.2) is 83.9 Å². The van der Waals surface area contributed by atoms with Gasteiger partial charge in [0.05, 0.1) is 22.0 Å². The first-order valence-corrected chi connectivity index (χ1v) is 15.7. The predicted octanol–water partition coefficient (Wildman–Crippen LogP) is 1.70. The number of halogens is 1. The molecule has 2 unspecified atom stereocenters. The summed E-state index contributed by atoms with van der Waals surface area (Å²) < 4.78 is 66.1. The van der Waals surface area contributed by atoms with E-state index in [4.69, 9.17) is 9.47 Å². The summed E-state index contributed by atoms with van der Waals surface area (Å²) in [5.74, 6) is 0.350. The molecule has 2 atom stereocenters. The van der Waals surface area contributed by atoms with E-state index in [2.05, 4.69) is 26.0 Å². The van der Waals surface area contributed by atoms with Gasteiger partial charge in [-0.3, -0.25) is 0 Å². The largest absolute Gasteiger partial charge is 0.491 e. The fourth-order valence-corrected chi connectivity index (χ4v) is 7.44. The number of hydrogen-bond acceptors (Lipinski definition) is 8. The van der Waals surface area contributed by atoms with E-state index in [1.165, 1.54) is 23.5 Å². The molecule has 2 aromatic carbocycles. The molecule has 2 aliphatic heterocycles. The average Bonchev–Trinajstić information content (AvgIpc) is 3.28. The van der Waals surface area contributed by atoms with Gasteiger partial charge < -0.3 is 19.9 Å². The molecule has 2 saturated heterocycles. The molecule has 0 bridgehead atoms. The zero-order chi connectivity index (χ0) is 26.7. The van der Waals surface area contributed by atoms with Gasteiger partial charge in [0, 0.05) is 36.2 Å². The summed E-state index contributed by atoms with van der Waals surface area (Å²) in [6, 6.07) is 12.8. The summed E-state index contributed by atoms with van der Waals surface area (Å²) in [7, 11) is -5.80. The van der Waals surface area contributed by atoms with Crippen LogP contribution in [0.2, 0.25) is 0 Å². The molecule has 0 radical (unpaired) electrons. The Morgan fingerprint density at radius 2 is 1.84 bits per heavy atom. The van der Waals surface area contributed by atoms with Gasteiger partial charge in [0.1, 0.15) is 18.5 Å². The summed E-state index contributed by atoms with van der Waals surface area (Å²) in [5, 5.41) is 13.7. The Hall–Kier alpha value is -1.58. The first-order valence-electron chi connectivity index (χ1n) is 12.0. The summed E-state index contributed by atoms with van der Waals surface area (Å²) in [6.07, 6.45) is 1.14. The Morgan fingerprint density at radius 3 is 2.54 bits per heavy atom. The van der Waals surface area contributed by atoms with Gasteiger partial charge in [-0.05, 0) is 56.6 Å². The highest BCUT2D eigenvalue weighted by Crippen LogP contribution is 2.37. The van der Waals surface area contributed by atoms with Gasteiger partial charge in [-0.25, -0.2) is 21.6 Å². The minimum atomic E-state index is -3.58. The maximum absolute atomic E-state index is 13.0. The van der Waals surface area contributed by atoms with Crippen molar-refractivity contribution in [2.24, 2.45) is 0 Å². The second kappa shape index (κ2) is 11.7. The van der Waals surface area contributed by atoms with Crippen molar-refractivity contribution in [3.8, 4) is 5.75 Å². The number of nitrogens with zero attached hydrogens (tertiary/aromatic N) is 1. The highest BCUT2D eigenvalue weighted by molar-refractivity contribution is 9.10. The van der Waals surface area contributed by atoms with E-state index < -0.39 is 26.2 Å². The third kappa shape index (κ3) is 6.90. The van der Waals surface area contributed by atoms with Crippen molar-refractivity contribution in [1.29, 1.82) is 0 Å². The number of sulfonamides is 2. The lowest BCUT2D eigenvalue weighted by molar-refractivity contribution is -0.0312. The molecule has 0 aromatic heterocycles. The lowest BCUT2D eigenvalue weighted by Crippen LogP contribution is -2.47. The van der Waals surface area contributed by atoms with E-state index in [0.717, 1.165) is 10.9 Å². The van der Waals surface area contributed by atoms with Gasteiger partial charge in [0.2, 0.25) is 20.0 Å². The molecule has 204 valence electrons. The molecule has 2 heterocycles. The Labute approximate surface area is 226 Å². The minimum absolute atomic E-state index is 0.00278. The molecule has 37 heavy (non-hydrogen) atoms. The summed E-state index contributed by atoms with van der Waals surface area (Å²) >= 11 is 3.33. The molecule has 4 rings (SSSR count). The molecule has 0 amide bonds. The lowest BCUT2D eigenvalue weighted by Gasteiger charge is -2.38. The zero-order valence-corrected chi connectivity index (χ0v) is 23.7. The smallest absolute Gasteiger partial charge is 0.243 e. The van der Waals surface area contributed by atoms with Gasteiger partial charge in [0.15, 0.2) is 0 Å². The molecule has 0 aliphatic carbocycles. The predicted molar refractivity (Wildman–Crippen MR) is 141 cm³/mol. The van der Waals surface area contributed by atoms with Crippen molar-refractivity contribution in [3.63, 3.8) is 0 Å². The number of aliphatic hydroxyl groups excluding tert-OH is 1. The van der Waals surface area contributed by atoms with Crippen LogP contribution in [-0.2, 0) is 24.8 Å². The van der Waals surface area contributed by atoms with Crippen LogP contribution in [0.15, 0.2) is 62.8 Å². The highest BCUT2D eigenvalue weighted by Gasteiger charge is 2.44. The van der Waals surface area contributed by atoms with Crippen LogP contribution in [0.1, 0.15) is 19.3 Å². The molecule has 2 fully saturated rings. The Kier molecular flexibility index (Phi) is 8.96. The summed E-state index contributed by atoms with van der Waals surface area (Å²) in [6.45, 7) is 1.54. The quantitative estimate of drug-likeness (QED) is 0.367. The van der Waals surface area contributed by atoms with Crippen LogP contribution in [0.25, 0.3) is 0 Å². The Morgan fingerprint density at radius 1 is 1.14 bits per heavy atom. The van der Waals surface area contributed by atoms with E-state index in [-0.39, 0.29) is 34.6 Å². The van der Waals surface area contributed by atoms with Crippen LogP contribution >= 0.6 is 15.9 Å². The van der Waals surface area contributed by atoms with Gasteiger partial charge in [-0.2, -0.15) is 4.31 Å². The molecule has 13 heteroatoms. The molecule has 0 saturated carbocycles. The number of benzene rings is 2. The van der Waals surface area contributed by atoms with E-state index >= 15 is 0 Å². The van der Waals surface area contributed by atoms with Crippen LogP contribution < -0.4 is 14.8 Å². The number of piperidine rings is 1. The molecule has 2 aromatic rings. The maximum Gasteiger partial charge on any atom is 0.243 e. The molecular weight excluding hydrogens is 586 g/mol. The summed E-state index contributed by atoms with van der Waals surface area (Å²) in [4.78, 5) is 0.361. The van der Waals surface area contributed by atoms with E-state index in [1.807, 2.05) is 0 Å². The molecule has 3 N–H and O–H groups in total. The van der Waals surface area contributed by atoms with E-state index in [1.54, 1.807) is 36.4 Å². The zero-order valence-electron chi connectivity index (χ0n) is 20.5. The van der Waals surface area contributed by atoms with Gasteiger partial charge in [0.25, 0.3) is 0 Å². The average molecular weight is 619 g/mol. The van der Waals surface area contributed by atoms with Crippen LogP contribution in [0.5, 0.6) is 5.75 Å². The number of ether oxygens (including phenoxy) is 2. The maximum atomic E-state index is 13.0. The monoisotopic (exact) mass is 617 g/mol. The molecule has 1 spiro atoms. The van der Waals surface area contributed by atoms with Gasteiger partial charge in [-0.15, -0.1) is 0 Å². The van der Waals surface area contributed by atoms with E-state index in [9.17, 15) is 21.9 Å². The third-order valence-electron chi connectivity index (χ3n) is 6.75. The number of nitrogens with one attached hydrogen (secondary N) is 2. The number of aliphatic hydroxyl groups is 1. The third-order valence-corrected chi connectivity index (χ3v) is 10.5. The fraction of sp³-hybridized carbons (Fsp3) is 0.500. The molecule has 2 aliphatic rings.